The van der Waals surface area contributed by atoms with Crippen LogP contribution in [0.3, 0.4) is 0 Å². The second-order valence-corrected chi connectivity index (χ2v) is 4.68. The SMILES string of the molecule is Cc1cc(CCNC(=O)N2CCOCC2)c(C)[nH]1. The van der Waals surface area contributed by atoms with Crippen LogP contribution in [0.25, 0.3) is 0 Å². The quantitative estimate of drug-likeness (QED) is 0.848. The van der Waals surface area contributed by atoms with Gasteiger partial charge in [-0.3, -0.25) is 0 Å². The lowest BCUT2D eigenvalue weighted by Crippen LogP contribution is -2.46. The highest BCUT2D eigenvalue weighted by Gasteiger charge is 2.15. The maximum Gasteiger partial charge on any atom is 0.317 e. The first-order chi connectivity index (χ1) is 8.66. The molecular weight excluding hydrogens is 230 g/mol. The Morgan fingerprint density at radius 2 is 2.17 bits per heavy atom. The number of hydrogen-bond acceptors (Lipinski definition) is 2. The van der Waals surface area contributed by atoms with Gasteiger partial charge in [-0.15, -0.1) is 0 Å². The van der Waals surface area contributed by atoms with Crippen molar-refractivity contribution in [1.29, 1.82) is 0 Å². The number of carbonyl (C=O) groups excluding carboxylic acids is 1. The van der Waals surface area contributed by atoms with Gasteiger partial charge in [-0.25, -0.2) is 4.79 Å². The Kier molecular flexibility index (Phi) is 4.25. The molecule has 1 aliphatic rings. The van der Waals surface area contributed by atoms with Crippen molar-refractivity contribution in [2.24, 2.45) is 0 Å². The minimum Gasteiger partial charge on any atom is -0.378 e. The molecule has 5 heteroatoms. The predicted molar refractivity (Wildman–Crippen MR) is 69.8 cm³/mol. The fraction of sp³-hybridized carbons (Fsp3) is 0.615. The second kappa shape index (κ2) is 5.91. The summed E-state index contributed by atoms with van der Waals surface area (Å²) in [6, 6.07) is 2.15. The predicted octanol–water partition coefficient (Wildman–Crippen LogP) is 1.22. The van der Waals surface area contributed by atoms with Gasteiger partial charge in [0.15, 0.2) is 0 Å². The molecule has 0 saturated carbocycles. The number of carbonyl (C=O) groups is 1. The van der Waals surface area contributed by atoms with Crippen LogP contribution < -0.4 is 5.32 Å². The number of morpholine rings is 1. The van der Waals surface area contributed by atoms with E-state index in [1.165, 1.54) is 17.0 Å². The van der Waals surface area contributed by atoms with E-state index in [0.717, 1.165) is 6.42 Å². The lowest BCUT2D eigenvalue weighted by atomic mass is 10.2. The summed E-state index contributed by atoms with van der Waals surface area (Å²) in [5.74, 6) is 0. The molecule has 0 spiro atoms. The van der Waals surface area contributed by atoms with Gasteiger partial charge < -0.3 is 19.9 Å². The largest absolute Gasteiger partial charge is 0.378 e. The maximum absolute atomic E-state index is 11.8. The summed E-state index contributed by atoms with van der Waals surface area (Å²) < 4.78 is 5.22. The fourth-order valence-electron chi connectivity index (χ4n) is 2.22. The molecule has 1 aromatic heterocycles. The number of H-pyrrole nitrogens is 1. The molecule has 1 saturated heterocycles. The van der Waals surface area contributed by atoms with Crippen LogP contribution in [0.5, 0.6) is 0 Å². The van der Waals surface area contributed by atoms with Gasteiger partial charge >= 0.3 is 6.03 Å². The summed E-state index contributed by atoms with van der Waals surface area (Å²) in [6.07, 6.45) is 0.867. The van der Waals surface area contributed by atoms with E-state index in [1.807, 2.05) is 6.92 Å². The van der Waals surface area contributed by atoms with E-state index in [0.29, 0.717) is 32.8 Å². The smallest absolute Gasteiger partial charge is 0.317 e. The highest BCUT2D eigenvalue weighted by atomic mass is 16.5. The van der Waals surface area contributed by atoms with Crippen molar-refractivity contribution >= 4 is 6.03 Å². The van der Waals surface area contributed by atoms with Crippen LogP contribution in [-0.2, 0) is 11.2 Å². The van der Waals surface area contributed by atoms with Gasteiger partial charge in [-0.1, -0.05) is 0 Å². The van der Waals surface area contributed by atoms with E-state index in [1.54, 1.807) is 4.90 Å². The molecule has 1 aliphatic heterocycles. The second-order valence-electron chi connectivity index (χ2n) is 4.68. The number of urea groups is 1. The van der Waals surface area contributed by atoms with E-state index in [-0.39, 0.29) is 6.03 Å². The third-order valence-electron chi connectivity index (χ3n) is 3.23. The van der Waals surface area contributed by atoms with Crippen LogP contribution in [0.15, 0.2) is 6.07 Å². The van der Waals surface area contributed by atoms with E-state index in [4.69, 9.17) is 4.74 Å². The van der Waals surface area contributed by atoms with Crippen molar-refractivity contribution in [3.05, 3.63) is 23.0 Å². The number of ether oxygens (including phenoxy) is 1. The summed E-state index contributed by atoms with van der Waals surface area (Å²) in [6.45, 7) is 7.44. The summed E-state index contributed by atoms with van der Waals surface area (Å²) in [4.78, 5) is 16.9. The van der Waals surface area contributed by atoms with E-state index >= 15 is 0 Å². The third-order valence-corrected chi connectivity index (χ3v) is 3.23. The Morgan fingerprint density at radius 1 is 1.44 bits per heavy atom. The van der Waals surface area contributed by atoms with Crippen molar-refractivity contribution in [2.75, 3.05) is 32.8 Å². The Bertz CT molecular complexity index is 408. The van der Waals surface area contributed by atoms with Gasteiger partial charge in [-0.05, 0) is 31.9 Å². The molecule has 0 aromatic carbocycles. The van der Waals surface area contributed by atoms with Crippen LogP contribution in [0, 0.1) is 13.8 Å². The number of hydrogen-bond donors (Lipinski definition) is 2. The van der Waals surface area contributed by atoms with Crippen molar-refractivity contribution in [1.82, 2.24) is 15.2 Å². The number of nitrogens with zero attached hydrogens (tertiary/aromatic N) is 1. The topological polar surface area (TPSA) is 57.4 Å². The number of nitrogens with one attached hydrogen (secondary N) is 2. The van der Waals surface area contributed by atoms with E-state index < -0.39 is 0 Å². The Balaban J connectivity index is 1.74. The molecule has 0 aliphatic carbocycles. The molecule has 5 nitrogen and oxygen atoms in total. The molecule has 1 fully saturated rings. The molecule has 0 radical (unpaired) electrons. The van der Waals surface area contributed by atoms with Gasteiger partial charge in [0, 0.05) is 31.0 Å². The van der Waals surface area contributed by atoms with Crippen molar-refractivity contribution in [2.45, 2.75) is 20.3 Å². The van der Waals surface area contributed by atoms with Crippen molar-refractivity contribution in [3.8, 4) is 0 Å². The zero-order valence-corrected chi connectivity index (χ0v) is 11.1. The van der Waals surface area contributed by atoms with Crippen LogP contribution in [0.2, 0.25) is 0 Å². The fourth-order valence-corrected chi connectivity index (χ4v) is 2.22. The highest BCUT2D eigenvalue weighted by Crippen LogP contribution is 2.09. The Morgan fingerprint density at radius 3 is 2.78 bits per heavy atom. The van der Waals surface area contributed by atoms with Crippen LogP contribution in [0.4, 0.5) is 4.79 Å². The molecule has 2 rings (SSSR count). The standard InChI is InChI=1S/C13H21N3O2/c1-10-9-12(11(2)15-10)3-4-14-13(17)16-5-7-18-8-6-16/h9,15H,3-8H2,1-2H3,(H,14,17). The number of aromatic amines is 1. The highest BCUT2D eigenvalue weighted by molar-refractivity contribution is 5.74. The zero-order valence-electron chi connectivity index (χ0n) is 11.1. The first-order valence-electron chi connectivity index (χ1n) is 6.42. The number of rotatable bonds is 3. The molecule has 0 bridgehead atoms. The average molecular weight is 251 g/mol. The van der Waals surface area contributed by atoms with Gasteiger partial charge in [-0.2, -0.15) is 0 Å². The molecule has 0 atom stereocenters. The van der Waals surface area contributed by atoms with Crippen LogP contribution in [-0.4, -0.2) is 48.8 Å². The molecule has 0 unspecified atom stereocenters. The lowest BCUT2D eigenvalue weighted by molar-refractivity contribution is 0.0533. The summed E-state index contributed by atoms with van der Waals surface area (Å²) in [7, 11) is 0. The normalized spacial score (nSPS) is 15.8. The first kappa shape index (κ1) is 13.0. The summed E-state index contributed by atoms with van der Waals surface area (Å²) in [5, 5.41) is 2.95. The molecule has 1 aromatic rings. The maximum atomic E-state index is 11.8. The third kappa shape index (κ3) is 3.26. The van der Waals surface area contributed by atoms with Crippen molar-refractivity contribution in [3.63, 3.8) is 0 Å². The molecule has 2 amide bonds. The molecular formula is C13H21N3O2. The Hall–Kier alpha value is -1.49. The number of aromatic nitrogens is 1. The minimum absolute atomic E-state index is 0.0169. The van der Waals surface area contributed by atoms with Gasteiger partial charge in [0.2, 0.25) is 0 Å². The van der Waals surface area contributed by atoms with E-state index in [2.05, 4.69) is 23.3 Å². The van der Waals surface area contributed by atoms with Crippen molar-refractivity contribution < 1.29 is 9.53 Å². The summed E-state index contributed by atoms with van der Waals surface area (Å²) in [5.41, 5.74) is 3.63. The van der Waals surface area contributed by atoms with Crippen LogP contribution >= 0.6 is 0 Å². The molecule has 100 valence electrons. The monoisotopic (exact) mass is 251 g/mol. The molecule has 2 heterocycles. The lowest BCUT2D eigenvalue weighted by Gasteiger charge is -2.26. The zero-order chi connectivity index (χ0) is 13.0. The summed E-state index contributed by atoms with van der Waals surface area (Å²) >= 11 is 0. The van der Waals surface area contributed by atoms with E-state index in [9.17, 15) is 4.79 Å². The van der Waals surface area contributed by atoms with Gasteiger partial charge in [0.05, 0.1) is 13.2 Å². The first-order valence-corrected chi connectivity index (χ1v) is 6.42. The number of aryl methyl sites for hydroxylation is 2. The molecule has 18 heavy (non-hydrogen) atoms. The van der Waals surface area contributed by atoms with Gasteiger partial charge in [0.1, 0.15) is 0 Å². The molecule has 2 N–H and O–H groups in total. The Labute approximate surface area is 108 Å². The minimum atomic E-state index is 0.0169. The van der Waals surface area contributed by atoms with Crippen LogP contribution in [0.1, 0.15) is 17.0 Å². The average Bonchev–Trinajstić information content (AvgIpc) is 2.69. The number of amides is 2. The van der Waals surface area contributed by atoms with Gasteiger partial charge in [0.25, 0.3) is 0 Å².